The monoisotopic (exact) mass is 234 g/mol. The molecule has 0 saturated heterocycles. The lowest BCUT2D eigenvalue weighted by Gasteiger charge is -2.35. The Morgan fingerprint density at radius 2 is 1.76 bits per heavy atom. The number of rotatable bonds is 6. The van der Waals surface area contributed by atoms with Gasteiger partial charge in [0.15, 0.2) is 0 Å². The number of hydrogen-bond acceptors (Lipinski definition) is 2. The van der Waals surface area contributed by atoms with Gasteiger partial charge in [-0.3, -0.25) is 0 Å². The summed E-state index contributed by atoms with van der Waals surface area (Å²) in [5.74, 6) is 0. The smallest absolute Gasteiger partial charge is 0.0366 e. The van der Waals surface area contributed by atoms with E-state index in [1.165, 1.54) is 11.3 Å². The van der Waals surface area contributed by atoms with E-state index in [1.54, 1.807) is 0 Å². The Bertz CT molecular complexity index is 325. The highest BCUT2D eigenvalue weighted by molar-refractivity contribution is 5.47. The van der Waals surface area contributed by atoms with E-state index in [2.05, 4.69) is 56.9 Å². The van der Waals surface area contributed by atoms with E-state index in [0.717, 1.165) is 26.1 Å². The van der Waals surface area contributed by atoms with Crippen molar-refractivity contribution in [3.63, 3.8) is 0 Å². The van der Waals surface area contributed by atoms with Crippen LogP contribution in [0.15, 0.2) is 24.3 Å². The van der Waals surface area contributed by atoms with Gasteiger partial charge in [-0.15, -0.1) is 0 Å². The number of hydrogen-bond donors (Lipinski definition) is 1. The van der Waals surface area contributed by atoms with Crippen molar-refractivity contribution in [1.29, 1.82) is 0 Å². The molecule has 1 aromatic carbocycles. The summed E-state index contributed by atoms with van der Waals surface area (Å²) in [6.07, 6.45) is 1.12. The standard InChI is InChI=1S/C15H26N2/c1-5-15(4,11-16)12-17(6-2)14-9-7-13(3)8-10-14/h7-10H,5-6,11-12,16H2,1-4H3. The normalized spacial score (nSPS) is 14.4. The molecular formula is C15H26N2. The number of nitrogens with zero attached hydrogens (tertiary/aromatic N) is 1. The second-order valence-corrected chi connectivity index (χ2v) is 5.22. The van der Waals surface area contributed by atoms with Crippen LogP contribution in [0.4, 0.5) is 5.69 Å². The van der Waals surface area contributed by atoms with Gasteiger partial charge in [0, 0.05) is 18.8 Å². The maximum atomic E-state index is 5.90. The largest absolute Gasteiger partial charge is 0.371 e. The summed E-state index contributed by atoms with van der Waals surface area (Å²) in [5, 5.41) is 0. The molecule has 0 spiro atoms. The van der Waals surface area contributed by atoms with E-state index in [9.17, 15) is 0 Å². The van der Waals surface area contributed by atoms with E-state index < -0.39 is 0 Å². The van der Waals surface area contributed by atoms with Crippen molar-refractivity contribution < 1.29 is 0 Å². The Labute approximate surface area is 106 Å². The molecule has 0 bridgehead atoms. The third kappa shape index (κ3) is 3.74. The molecule has 0 amide bonds. The van der Waals surface area contributed by atoms with Crippen LogP contribution in [0.1, 0.15) is 32.8 Å². The molecule has 0 fully saturated rings. The Morgan fingerprint density at radius 3 is 2.18 bits per heavy atom. The lowest BCUT2D eigenvalue weighted by Crippen LogP contribution is -2.40. The molecule has 1 rings (SSSR count). The van der Waals surface area contributed by atoms with E-state index in [4.69, 9.17) is 5.73 Å². The fourth-order valence-electron chi connectivity index (χ4n) is 1.92. The topological polar surface area (TPSA) is 29.3 Å². The molecule has 2 N–H and O–H groups in total. The van der Waals surface area contributed by atoms with Gasteiger partial charge in [-0.2, -0.15) is 0 Å². The summed E-state index contributed by atoms with van der Waals surface area (Å²) >= 11 is 0. The van der Waals surface area contributed by atoms with E-state index in [0.29, 0.717) is 0 Å². The molecule has 0 aromatic heterocycles. The fourth-order valence-corrected chi connectivity index (χ4v) is 1.92. The average Bonchev–Trinajstić information content (AvgIpc) is 2.37. The average molecular weight is 234 g/mol. The zero-order valence-corrected chi connectivity index (χ0v) is 11.7. The summed E-state index contributed by atoms with van der Waals surface area (Å²) in [4.78, 5) is 2.41. The van der Waals surface area contributed by atoms with Gasteiger partial charge in [-0.25, -0.2) is 0 Å². The summed E-state index contributed by atoms with van der Waals surface area (Å²) in [5.41, 5.74) is 8.71. The highest BCUT2D eigenvalue weighted by Gasteiger charge is 2.23. The van der Waals surface area contributed by atoms with Crippen molar-refractivity contribution >= 4 is 5.69 Å². The number of benzene rings is 1. The van der Waals surface area contributed by atoms with E-state index >= 15 is 0 Å². The molecule has 0 aliphatic carbocycles. The molecule has 96 valence electrons. The van der Waals surface area contributed by atoms with Crippen molar-refractivity contribution in [2.24, 2.45) is 11.1 Å². The third-order valence-corrected chi connectivity index (χ3v) is 3.70. The molecule has 0 heterocycles. The minimum atomic E-state index is 0.209. The van der Waals surface area contributed by atoms with Gasteiger partial charge >= 0.3 is 0 Å². The van der Waals surface area contributed by atoms with Gasteiger partial charge in [-0.05, 0) is 44.4 Å². The van der Waals surface area contributed by atoms with Gasteiger partial charge in [-0.1, -0.05) is 31.5 Å². The van der Waals surface area contributed by atoms with Crippen LogP contribution in [0, 0.1) is 12.3 Å². The molecule has 1 aromatic rings. The highest BCUT2D eigenvalue weighted by atomic mass is 15.1. The molecule has 17 heavy (non-hydrogen) atoms. The quantitative estimate of drug-likeness (QED) is 0.819. The van der Waals surface area contributed by atoms with Crippen LogP contribution in [0.3, 0.4) is 0 Å². The number of aryl methyl sites for hydroxylation is 1. The van der Waals surface area contributed by atoms with Crippen molar-refractivity contribution in [3.05, 3.63) is 29.8 Å². The lowest BCUT2D eigenvalue weighted by molar-refractivity contribution is 0.326. The van der Waals surface area contributed by atoms with Crippen LogP contribution in [0.5, 0.6) is 0 Å². The predicted molar refractivity (Wildman–Crippen MR) is 76.5 cm³/mol. The second-order valence-electron chi connectivity index (χ2n) is 5.22. The first-order valence-electron chi connectivity index (χ1n) is 6.56. The molecule has 1 unspecified atom stereocenters. The van der Waals surface area contributed by atoms with Crippen LogP contribution in [0.25, 0.3) is 0 Å². The zero-order valence-electron chi connectivity index (χ0n) is 11.7. The molecule has 2 nitrogen and oxygen atoms in total. The van der Waals surface area contributed by atoms with Crippen molar-refractivity contribution in [3.8, 4) is 0 Å². The third-order valence-electron chi connectivity index (χ3n) is 3.70. The van der Waals surface area contributed by atoms with Gasteiger partial charge in [0.1, 0.15) is 0 Å². The van der Waals surface area contributed by atoms with Crippen LogP contribution in [-0.2, 0) is 0 Å². The Hall–Kier alpha value is -1.02. The SMILES string of the molecule is CCN(CC(C)(CC)CN)c1ccc(C)cc1. The Balaban J connectivity index is 2.81. The molecule has 0 saturated carbocycles. The second kappa shape index (κ2) is 6.06. The maximum absolute atomic E-state index is 5.90. The first-order valence-corrected chi connectivity index (χ1v) is 6.56. The first-order chi connectivity index (χ1) is 8.04. The first kappa shape index (κ1) is 14.0. The molecule has 0 aliphatic rings. The van der Waals surface area contributed by atoms with Gasteiger partial charge < -0.3 is 10.6 Å². The predicted octanol–water partition coefficient (Wildman–Crippen LogP) is 3.20. The van der Waals surface area contributed by atoms with Crippen LogP contribution < -0.4 is 10.6 Å². The van der Waals surface area contributed by atoms with Crippen molar-refractivity contribution in [2.75, 3.05) is 24.5 Å². The van der Waals surface area contributed by atoms with Crippen LogP contribution in [0.2, 0.25) is 0 Å². The van der Waals surface area contributed by atoms with Crippen LogP contribution >= 0.6 is 0 Å². The van der Waals surface area contributed by atoms with Crippen molar-refractivity contribution in [2.45, 2.75) is 34.1 Å². The minimum absolute atomic E-state index is 0.209. The maximum Gasteiger partial charge on any atom is 0.0366 e. The van der Waals surface area contributed by atoms with E-state index in [1.807, 2.05) is 0 Å². The molecule has 1 atom stereocenters. The van der Waals surface area contributed by atoms with Crippen molar-refractivity contribution in [1.82, 2.24) is 0 Å². The summed E-state index contributed by atoms with van der Waals surface area (Å²) in [6.45, 7) is 11.6. The molecular weight excluding hydrogens is 208 g/mol. The molecule has 2 heteroatoms. The zero-order chi connectivity index (χ0) is 12.9. The summed E-state index contributed by atoms with van der Waals surface area (Å²) < 4.78 is 0. The lowest BCUT2D eigenvalue weighted by atomic mass is 9.87. The van der Waals surface area contributed by atoms with Gasteiger partial charge in [0.25, 0.3) is 0 Å². The van der Waals surface area contributed by atoms with Crippen LogP contribution in [-0.4, -0.2) is 19.6 Å². The minimum Gasteiger partial charge on any atom is -0.371 e. The summed E-state index contributed by atoms with van der Waals surface area (Å²) in [6, 6.07) is 8.74. The highest BCUT2D eigenvalue weighted by Crippen LogP contribution is 2.24. The molecule has 0 aliphatic heterocycles. The Kier molecular flexibility index (Phi) is 5.01. The summed E-state index contributed by atoms with van der Waals surface area (Å²) in [7, 11) is 0. The Morgan fingerprint density at radius 1 is 1.18 bits per heavy atom. The van der Waals surface area contributed by atoms with E-state index in [-0.39, 0.29) is 5.41 Å². The van der Waals surface area contributed by atoms with Gasteiger partial charge in [0.05, 0.1) is 0 Å². The fraction of sp³-hybridized carbons (Fsp3) is 0.600. The molecule has 0 radical (unpaired) electrons. The number of nitrogens with two attached hydrogens (primary N) is 1. The number of anilines is 1. The van der Waals surface area contributed by atoms with Gasteiger partial charge in [0.2, 0.25) is 0 Å².